The van der Waals surface area contributed by atoms with E-state index in [0.29, 0.717) is 11.3 Å². The van der Waals surface area contributed by atoms with E-state index in [1.807, 2.05) is 12.1 Å². The summed E-state index contributed by atoms with van der Waals surface area (Å²) >= 11 is 0. The number of carbonyl (C=O) groups is 2. The lowest BCUT2D eigenvalue weighted by Gasteiger charge is -2.18. The van der Waals surface area contributed by atoms with E-state index in [9.17, 15) is 9.59 Å². The number of Topliss-reactive ketones (excluding diaryl/α,β-unsaturated/α-hetero) is 1. The minimum absolute atomic E-state index is 0.0133. The molecule has 0 aliphatic rings. The van der Waals surface area contributed by atoms with Crippen molar-refractivity contribution < 1.29 is 14.3 Å². The van der Waals surface area contributed by atoms with Crippen LogP contribution >= 0.6 is 0 Å². The third kappa shape index (κ3) is 5.67. The first-order chi connectivity index (χ1) is 14.5. The number of nitrogens with one attached hydrogen (secondary N) is 1. The topological polar surface area (TPSA) is 58.6 Å². The Hall–Kier alpha value is -3.18. The van der Waals surface area contributed by atoms with Crippen molar-refractivity contribution in [3.63, 3.8) is 0 Å². The average molecular weight is 405 g/mol. The van der Waals surface area contributed by atoms with Gasteiger partial charge in [-0.25, -0.2) is 4.79 Å². The third-order valence-electron chi connectivity index (χ3n) is 5.18. The Kier molecular flexibility index (Phi) is 7.20. The second-order valence-electron chi connectivity index (χ2n) is 7.31. The fourth-order valence-electron chi connectivity index (χ4n) is 3.33. The smallest absolute Gasteiger partial charge is 0.411 e. The fraction of sp³-hybridized carbons (Fsp3) is 0.280. The fourth-order valence-corrected chi connectivity index (χ4v) is 3.33. The van der Waals surface area contributed by atoms with Gasteiger partial charge in [0.05, 0.1) is 0 Å². The molecular formula is C25H28N2O3. The van der Waals surface area contributed by atoms with Crippen LogP contribution in [0, 0.1) is 0 Å². The molecule has 5 heteroatoms. The van der Waals surface area contributed by atoms with Crippen LogP contribution in [-0.2, 0) is 17.9 Å². The Bertz CT molecular complexity index is 1020. The van der Waals surface area contributed by atoms with Crippen molar-refractivity contribution in [2.45, 2.75) is 33.9 Å². The summed E-state index contributed by atoms with van der Waals surface area (Å²) in [5.41, 5.74) is 3.42. The molecule has 0 spiro atoms. The molecule has 156 valence electrons. The summed E-state index contributed by atoms with van der Waals surface area (Å²) in [5.74, 6) is -0.0133. The highest BCUT2D eigenvalue weighted by Crippen LogP contribution is 2.20. The Balaban J connectivity index is 1.58. The minimum Gasteiger partial charge on any atom is -0.444 e. The van der Waals surface area contributed by atoms with E-state index in [0.717, 1.165) is 30.6 Å². The second-order valence-corrected chi connectivity index (χ2v) is 7.31. The summed E-state index contributed by atoms with van der Waals surface area (Å²) < 4.78 is 5.34. The zero-order chi connectivity index (χ0) is 21.5. The molecule has 0 fully saturated rings. The number of fused-ring (bicyclic) bond motifs is 1. The highest BCUT2D eigenvalue weighted by atomic mass is 16.5. The molecule has 1 amide bonds. The normalized spacial score (nSPS) is 10.9. The summed E-state index contributed by atoms with van der Waals surface area (Å²) in [6.45, 7) is 9.06. The Morgan fingerprint density at radius 2 is 1.47 bits per heavy atom. The van der Waals surface area contributed by atoms with Crippen molar-refractivity contribution >= 4 is 28.3 Å². The Morgan fingerprint density at radius 1 is 0.867 bits per heavy atom. The lowest BCUT2D eigenvalue weighted by molar-refractivity contribution is 0.101. The Labute approximate surface area is 177 Å². The second kappa shape index (κ2) is 10.0. The quantitative estimate of drug-likeness (QED) is 0.494. The van der Waals surface area contributed by atoms with Crippen LogP contribution in [-0.4, -0.2) is 29.9 Å². The first-order valence-electron chi connectivity index (χ1n) is 10.3. The molecule has 0 atom stereocenters. The van der Waals surface area contributed by atoms with Crippen molar-refractivity contribution in [1.29, 1.82) is 0 Å². The van der Waals surface area contributed by atoms with Gasteiger partial charge in [0.1, 0.15) is 6.61 Å². The van der Waals surface area contributed by atoms with Crippen LogP contribution in [0.4, 0.5) is 10.5 Å². The number of hydrogen-bond donors (Lipinski definition) is 1. The summed E-state index contributed by atoms with van der Waals surface area (Å²) in [4.78, 5) is 25.8. The molecule has 0 heterocycles. The monoisotopic (exact) mass is 404 g/mol. The lowest BCUT2D eigenvalue weighted by atomic mass is 10.0. The van der Waals surface area contributed by atoms with Gasteiger partial charge in [-0.3, -0.25) is 15.0 Å². The molecule has 0 aliphatic heterocycles. The van der Waals surface area contributed by atoms with E-state index in [1.165, 1.54) is 17.9 Å². The van der Waals surface area contributed by atoms with Gasteiger partial charge in [-0.2, -0.15) is 0 Å². The van der Waals surface area contributed by atoms with Crippen LogP contribution in [0.15, 0.2) is 60.7 Å². The molecule has 5 nitrogen and oxygen atoms in total. The van der Waals surface area contributed by atoms with Gasteiger partial charge in [0.25, 0.3) is 0 Å². The molecule has 0 aromatic heterocycles. The van der Waals surface area contributed by atoms with Crippen molar-refractivity contribution in [2.75, 3.05) is 18.4 Å². The Morgan fingerprint density at radius 3 is 2.07 bits per heavy atom. The molecule has 0 bridgehead atoms. The molecule has 0 radical (unpaired) electrons. The van der Waals surface area contributed by atoms with Gasteiger partial charge >= 0.3 is 6.09 Å². The van der Waals surface area contributed by atoms with Gasteiger partial charge in [-0.15, -0.1) is 0 Å². The number of ether oxygens (including phenoxy) is 1. The van der Waals surface area contributed by atoms with Crippen LogP contribution in [0.5, 0.6) is 0 Å². The van der Waals surface area contributed by atoms with Gasteiger partial charge in [-0.05, 0) is 78.3 Å². The van der Waals surface area contributed by atoms with Crippen LogP contribution < -0.4 is 5.32 Å². The van der Waals surface area contributed by atoms with Gasteiger partial charge in [0.2, 0.25) is 0 Å². The van der Waals surface area contributed by atoms with Crippen molar-refractivity contribution in [3.8, 4) is 0 Å². The van der Waals surface area contributed by atoms with Crippen LogP contribution in [0.3, 0.4) is 0 Å². The van der Waals surface area contributed by atoms with E-state index >= 15 is 0 Å². The maximum atomic E-state index is 12.1. The molecule has 0 aliphatic carbocycles. The van der Waals surface area contributed by atoms with Gasteiger partial charge in [-0.1, -0.05) is 38.1 Å². The molecule has 30 heavy (non-hydrogen) atoms. The first-order valence-corrected chi connectivity index (χ1v) is 10.3. The molecule has 3 aromatic carbocycles. The van der Waals surface area contributed by atoms with E-state index < -0.39 is 6.09 Å². The van der Waals surface area contributed by atoms with Crippen LogP contribution in [0.2, 0.25) is 0 Å². The number of ketones is 1. The van der Waals surface area contributed by atoms with Crippen molar-refractivity contribution in [2.24, 2.45) is 0 Å². The molecule has 1 N–H and O–H groups in total. The number of rotatable bonds is 8. The SMILES string of the molecule is CCN(CC)Cc1ccc2cc(COC(=O)Nc3ccc(C(C)=O)cc3)ccc2c1. The lowest BCUT2D eigenvalue weighted by Crippen LogP contribution is -2.21. The maximum absolute atomic E-state index is 12.1. The molecular weight excluding hydrogens is 376 g/mol. The molecule has 0 unspecified atom stereocenters. The number of benzene rings is 3. The van der Waals surface area contributed by atoms with Crippen molar-refractivity contribution in [3.05, 3.63) is 77.4 Å². The third-order valence-corrected chi connectivity index (χ3v) is 5.18. The van der Waals surface area contributed by atoms with Crippen LogP contribution in [0.25, 0.3) is 10.8 Å². The average Bonchev–Trinajstić information content (AvgIpc) is 2.76. The summed E-state index contributed by atoms with van der Waals surface area (Å²) in [6, 6.07) is 19.3. The van der Waals surface area contributed by atoms with Gasteiger partial charge < -0.3 is 4.74 Å². The van der Waals surface area contributed by atoms with Crippen LogP contribution in [0.1, 0.15) is 42.3 Å². The summed E-state index contributed by atoms with van der Waals surface area (Å²) in [7, 11) is 0. The standard InChI is InChI=1S/C25H28N2O3/c1-4-27(5-2)16-19-6-8-23-15-20(7-9-22(23)14-19)17-30-25(29)26-24-12-10-21(11-13-24)18(3)28/h6-15H,4-5,16-17H2,1-3H3,(H,26,29). The predicted molar refractivity (Wildman–Crippen MR) is 121 cm³/mol. The minimum atomic E-state index is -0.528. The first kappa shape index (κ1) is 21.5. The number of hydrogen-bond acceptors (Lipinski definition) is 4. The molecule has 3 aromatic rings. The summed E-state index contributed by atoms with van der Waals surface area (Å²) in [6.07, 6.45) is -0.528. The number of amides is 1. The highest BCUT2D eigenvalue weighted by molar-refractivity contribution is 5.95. The van der Waals surface area contributed by atoms with E-state index in [2.05, 4.69) is 48.3 Å². The number of nitrogens with zero attached hydrogens (tertiary/aromatic N) is 1. The largest absolute Gasteiger partial charge is 0.444 e. The van der Waals surface area contributed by atoms with Gasteiger partial charge in [0.15, 0.2) is 5.78 Å². The van der Waals surface area contributed by atoms with Gasteiger partial charge in [0, 0.05) is 17.8 Å². The van der Waals surface area contributed by atoms with E-state index in [4.69, 9.17) is 4.74 Å². The van der Waals surface area contributed by atoms with E-state index in [-0.39, 0.29) is 12.4 Å². The molecule has 0 saturated heterocycles. The zero-order valence-electron chi connectivity index (χ0n) is 17.8. The predicted octanol–water partition coefficient (Wildman–Crippen LogP) is 5.63. The molecule has 3 rings (SSSR count). The number of carbonyl (C=O) groups excluding carboxylic acids is 2. The molecule has 0 saturated carbocycles. The number of anilines is 1. The van der Waals surface area contributed by atoms with E-state index in [1.54, 1.807) is 24.3 Å². The van der Waals surface area contributed by atoms with Crippen molar-refractivity contribution in [1.82, 2.24) is 4.90 Å². The zero-order valence-corrected chi connectivity index (χ0v) is 17.8. The maximum Gasteiger partial charge on any atom is 0.411 e. The summed E-state index contributed by atoms with van der Waals surface area (Å²) in [5, 5.41) is 4.98. The highest BCUT2D eigenvalue weighted by Gasteiger charge is 2.07.